The van der Waals surface area contributed by atoms with Crippen LogP contribution in [0.25, 0.3) is 22.2 Å². The molecule has 24 heteroatoms. The Bertz CT molecular complexity index is 1910. The van der Waals surface area contributed by atoms with Crippen molar-refractivity contribution in [1.82, 2.24) is 39.5 Å². The fourth-order valence-corrected chi connectivity index (χ4v) is 8.22. The van der Waals surface area contributed by atoms with E-state index < -0.39 is 75.4 Å². The van der Waals surface area contributed by atoms with Crippen LogP contribution in [0.5, 0.6) is 0 Å². The van der Waals surface area contributed by atoms with Crippen molar-refractivity contribution in [3.8, 4) is 0 Å². The molecule has 7 heterocycles. The van der Waals surface area contributed by atoms with E-state index in [0.29, 0.717) is 11.0 Å². The molecule has 9 atom stereocenters. The summed E-state index contributed by atoms with van der Waals surface area (Å²) in [6.45, 7) is -9.65. The van der Waals surface area contributed by atoms with Gasteiger partial charge in [0.1, 0.15) is 48.4 Å². The lowest BCUT2D eigenvalue weighted by Crippen LogP contribution is -2.32. The number of nitrogen functional groups attached to an aromatic ring is 2. The summed E-state index contributed by atoms with van der Waals surface area (Å²) in [6, 6.07) is 1.71. The van der Waals surface area contributed by atoms with Gasteiger partial charge in [0.25, 0.3) is 5.56 Å². The normalized spacial score (nSPS) is 36.6. The third-order valence-corrected chi connectivity index (χ3v) is 10.5. The molecule has 3 saturated heterocycles. The van der Waals surface area contributed by atoms with Gasteiger partial charge in [0.05, 0.1) is 18.6 Å². The van der Waals surface area contributed by atoms with Gasteiger partial charge in [-0.1, -0.05) is 29.7 Å². The first kappa shape index (κ1) is 30.0. The molecule has 2 bridgehead atoms. The monoisotopic (exact) mass is 692 g/mol. The highest BCUT2D eigenvalue weighted by Crippen LogP contribution is 2.60. The molecule has 236 valence electrons. The van der Waals surface area contributed by atoms with Crippen LogP contribution in [-0.2, 0) is 36.7 Å². The van der Waals surface area contributed by atoms with E-state index in [9.17, 15) is 13.9 Å². The van der Waals surface area contributed by atoms with E-state index >= 15 is 4.39 Å². The second-order valence-electron chi connectivity index (χ2n) is 9.99. The van der Waals surface area contributed by atoms with Gasteiger partial charge < -0.3 is 25.5 Å². The van der Waals surface area contributed by atoms with Crippen LogP contribution in [0.15, 0.2) is 23.4 Å². The Morgan fingerprint density at radius 2 is 1.77 bits per heavy atom. The molecule has 7 rings (SSSR count). The number of nitrogens with zero attached hydrogens (tertiary/aromatic N) is 7. The summed E-state index contributed by atoms with van der Waals surface area (Å²) in [5.41, 5.74) is 11.0. The SMILES string of the molecule is Nc1nc2c(nnn2[C@@H]2O[C@@H]3COP(=O)(S)O[C@H]4C[C@H](n5ccc6c(N)ncnc65)O[C@@H]4COP(=O)(S)O[C@H]2[C@@H]3F)c(=O)[nH]1. The number of anilines is 2. The third-order valence-electron chi connectivity index (χ3n) is 7.22. The van der Waals surface area contributed by atoms with Gasteiger partial charge in [-0.05, 0) is 6.07 Å². The smallest absolute Gasteiger partial charge is 0.383 e. The zero-order valence-electron chi connectivity index (χ0n) is 22.0. The molecule has 0 radical (unpaired) electrons. The Labute approximate surface area is 255 Å². The molecule has 0 amide bonds. The Balaban J connectivity index is 1.19. The number of aromatic amines is 1. The fourth-order valence-electron chi connectivity index (χ4n) is 5.24. The van der Waals surface area contributed by atoms with Crippen LogP contribution < -0.4 is 17.0 Å². The molecule has 0 saturated carbocycles. The van der Waals surface area contributed by atoms with Crippen molar-refractivity contribution < 1.29 is 41.1 Å². The molecule has 44 heavy (non-hydrogen) atoms. The number of hydrogen-bond acceptors (Lipinski definition) is 16. The number of thiol groups is 2. The molecule has 0 aromatic carbocycles. The quantitative estimate of drug-likeness (QED) is 0.148. The zero-order chi connectivity index (χ0) is 31.0. The summed E-state index contributed by atoms with van der Waals surface area (Å²) in [6.07, 6.45) is -6.33. The van der Waals surface area contributed by atoms with Crippen LogP contribution >= 0.6 is 38.1 Å². The molecule has 19 nitrogen and oxygen atoms in total. The number of aromatic nitrogens is 8. The van der Waals surface area contributed by atoms with Crippen LogP contribution in [0.4, 0.5) is 16.2 Å². The molecule has 0 spiro atoms. The molecule has 2 unspecified atom stereocenters. The van der Waals surface area contributed by atoms with Crippen molar-refractivity contribution in [2.24, 2.45) is 0 Å². The summed E-state index contributed by atoms with van der Waals surface area (Å²) >= 11 is 8.13. The van der Waals surface area contributed by atoms with Crippen LogP contribution in [0.3, 0.4) is 0 Å². The second kappa shape index (κ2) is 11.0. The van der Waals surface area contributed by atoms with Gasteiger partial charge in [0, 0.05) is 12.6 Å². The van der Waals surface area contributed by atoms with Gasteiger partial charge in [0.2, 0.25) is 5.95 Å². The number of nitrogens with one attached hydrogen (secondary N) is 1. The fraction of sp³-hybridized carbons (Fsp3) is 0.500. The van der Waals surface area contributed by atoms with Crippen molar-refractivity contribution in [2.75, 3.05) is 24.7 Å². The number of hydrogen-bond donors (Lipinski definition) is 5. The first-order valence-electron chi connectivity index (χ1n) is 12.8. The van der Waals surface area contributed by atoms with E-state index in [4.69, 9.17) is 39.0 Å². The van der Waals surface area contributed by atoms with Crippen LogP contribution in [-0.4, -0.2) is 83.3 Å². The maximum absolute atomic E-state index is 15.8. The molecule has 3 fully saturated rings. The minimum absolute atomic E-state index is 0.109. The molecule has 3 aliphatic heterocycles. The maximum atomic E-state index is 15.8. The van der Waals surface area contributed by atoms with E-state index in [2.05, 4.69) is 54.7 Å². The van der Waals surface area contributed by atoms with Crippen molar-refractivity contribution in [2.45, 2.75) is 49.5 Å². The van der Waals surface area contributed by atoms with Crippen molar-refractivity contribution in [3.05, 3.63) is 28.9 Å². The number of fused-ring (bicyclic) bond motifs is 5. The Kier molecular flexibility index (Phi) is 7.51. The number of halogens is 1. The summed E-state index contributed by atoms with van der Waals surface area (Å²) < 4.78 is 79.3. The lowest BCUT2D eigenvalue weighted by atomic mass is 10.1. The van der Waals surface area contributed by atoms with Crippen LogP contribution in [0.2, 0.25) is 0 Å². The van der Waals surface area contributed by atoms with Crippen molar-refractivity contribution in [1.29, 1.82) is 0 Å². The second-order valence-corrected chi connectivity index (χ2v) is 15.7. The highest BCUT2D eigenvalue weighted by molar-refractivity contribution is 8.44. The highest BCUT2D eigenvalue weighted by atomic mass is 32.7. The summed E-state index contributed by atoms with van der Waals surface area (Å²) in [5.74, 6) is -0.00786. The van der Waals surface area contributed by atoms with Gasteiger partial charge in [-0.15, -0.1) is 5.10 Å². The molecular weight excluding hydrogens is 669 g/mol. The Morgan fingerprint density at radius 3 is 2.57 bits per heavy atom. The Morgan fingerprint density at radius 1 is 1.02 bits per heavy atom. The lowest BCUT2D eigenvalue weighted by molar-refractivity contribution is -0.0603. The highest BCUT2D eigenvalue weighted by Gasteiger charge is 2.52. The van der Waals surface area contributed by atoms with Gasteiger partial charge >= 0.3 is 13.6 Å². The molecule has 4 aromatic rings. The van der Waals surface area contributed by atoms with E-state index in [1.807, 2.05) is 0 Å². The Hall–Kier alpha value is -2.65. The van der Waals surface area contributed by atoms with Crippen molar-refractivity contribution >= 4 is 72.1 Å². The van der Waals surface area contributed by atoms with E-state index in [-0.39, 0.29) is 29.4 Å². The molecular formula is C20H23FN10O9P2S2. The maximum Gasteiger partial charge on any atom is 0.386 e. The number of alkyl halides is 1. The average molecular weight is 693 g/mol. The van der Waals surface area contributed by atoms with Crippen LogP contribution in [0, 0.1) is 0 Å². The lowest BCUT2D eigenvalue weighted by Gasteiger charge is -2.25. The van der Waals surface area contributed by atoms with Gasteiger partial charge in [-0.3, -0.25) is 27.9 Å². The number of nitrogens with two attached hydrogens (primary N) is 2. The van der Waals surface area contributed by atoms with Gasteiger partial charge in [0.15, 0.2) is 23.6 Å². The predicted molar refractivity (Wildman–Crippen MR) is 154 cm³/mol. The molecule has 3 aliphatic rings. The largest absolute Gasteiger partial charge is 0.386 e. The molecule has 4 aromatic heterocycles. The van der Waals surface area contributed by atoms with Gasteiger partial charge in [-0.2, -0.15) is 9.67 Å². The first-order valence-corrected chi connectivity index (χ1v) is 18.2. The van der Waals surface area contributed by atoms with E-state index in [0.717, 1.165) is 4.68 Å². The minimum Gasteiger partial charge on any atom is -0.383 e. The standard InChI is InChI=1S/C20H23FN10O9P2S2/c21-12-10-5-36-41(33,43)39-8-3-11(30-2-1-7-15(22)24-6-25-16(7)30)37-9(8)4-35-42(34,44)40-14(12)19(38-10)31-17-13(28-29-31)18(32)27-20(23)26-17/h1-2,6,8-12,14,19H,3-5H2,(H,33,43)(H,34,44)(H2,22,24,25)(H3,23,26,27,32)/t8-,9+,10+,11+,12+,14-,19+,41?,42?/m0/s1. The minimum atomic E-state index is -4.37. The molecule has 0 aliphatic carbocycles. The number of rotatable bonds is 2. The van der Waals surface area contributed by atoms with Gasteiger partial charge in [-0.25, -0.2) is 23.5 Å². The van der Waals surface area contributed by atoms with Crippen LogP contribution in [0.1, 0.15) is 18.9 Å². The summed E-state index contributed by atoms with van der Waals surface area (Å²) in [7, 11) is 0. The summed E-state index contributed by atoms with van der Waals surface area (Å²) in [4.78, 5) is 26.8. The van der Waals surface area contributed by atoms with E-state index in [1.54, 1.807) is 16.8 Å². The first-order chi connectivity index (χ1) is 20.9. The molecule has 5 N–H and O–H groups in total. The average Bonchev–Trinajstić information content (AvgIpc) is 3.72. The number of H-pyrrole nitrogens is 1. The summed E-state index contributed by atoms with van der Waals surface area (Å²) in [5, 5.41) is 8.17. The van der Waals surface area contributed by atoms with Crippen molar-refractivity contribution in [3.63, 3.8) is 0 Å². The number of ether oxygens (including phenoxy) is 2. The predicted octanol–water partition coefficient (Wildman–Crippen LogP) is 1.54. The topological polar surface area (TPSA) is 249 Å². The zero-order valence-corrected chi connectivity index (χ0v) is 25.6. The third kappa shape index (κ3) is 5.42. The van der Waals surface area contributed by atoms with E-state index in [1.165, 1.54) is 6.33 Å².